The molecule has 3 N–H and O–H groups in total. The van der Waals surface area contributed by atoms with Crippen LogP contribution in [0.15, 0.2) is 0 Å². The largest absolute Gasteiger partial charge is 0.313 e. The predicted molar refractivity (Wildman–Crippen MR) is 60.8 cm³/mol. The van der Waals surface area contributed by atoms with Gasteiger partial charge in [-0.1, -0.05) is 13.8 Å². The van der Waals surface area contributed by atoms with Gasteiger partial charge in [-0.15, -0.1) is 0 Å². The molecule has 0 aliphatic carbocycles. The molecule has 1 aliphatic rings. The summed E-state index contributed by atoms with van der Waals surface area (Å²) in [7, 11) is -3.30. The molecule has 1 heterocycles. The van der Waals surface area contributed by atoms with E-state index < -0.39 is 10.2 Å². The van der Waals surface area contributed by atoms with Gasteiger partial charge in [0.1, 0.15) is 0 Å². The quantitative estimate of drug-likeness (QED) is 0.598. The summed E-state index contributed by atoms with van der Waals surface area (Å²) in [6.45, 7) is 5.90. The average molecular weight is 235 g/mol. The lowest BCUT2D eigenvalue weighted by Gasteiger charge is -2.13. The van der Waals surface area contributed by atoms with E-state index in [1.165, 1.54) is 0 Å². The molecule has 1 saturated heterocycles. The summed E-state index contributed by atoms with van der Waals surface area (Å²) in [4.78, 5) is 0. The lowest BCUT2D eigenvalue weighted by molar-refractivity contribution is 0.529. The average Bonchev–Trinajstić information content (AvgIpc) is 2.65. The topological polar surface area (TPSA) is 70.2 Å². The summed E-state index contributed by atoms with van der Waals surface area (Å²) in [6.07, 6.45) is 2.18. The van der Waals surface area contributed by atoms with Crippen molar-refractivity contribution in [2.45, 2.75) is 32.7 Å². The summed E-state index contributed by atoms with van der Waals surface area (Å²) >= 11 is 0. The molecule has 0 aromatic heterocycles. The molecular weight excluding hydrogens is 214 g/mol. The number of rotatable bonds is 6. The van der Waals surface area contributed by atoms with Gasteiger partial charge in [-0.3, -0.25) is 0 Å². The van der Waals surface area contributed by atoms with E-state index >= 15 is 0 Å². The van der Waals surface area contributed by atoms with Crippen LogP contribution < -0.4 is 14.8 Å². The van der Waals surface area contributed by atoms with Crippen molar-refractivity contribution in [1.29, 1.82) is 0 Å². The molecule has 0 aromatic carbocycles. The molecule has 15 heavy (non-hydrogen) atoms. The van der Waals surface area contributed by atoms with Gasteiger partial charge in [0.15, 0.2) is 0 Å². The Hall–Kier alpha value is -0.170. The van der Waals surface area contributed by atoms with Gasteiger partial charge in [0.25, 0.3) is 10.2 Å². The Morgan fingerprint density at radius 2 is 2.13 bits per heavy atom. The third kappa shape index (κ3) is 5.46. The molecule has 90 valence electrons. The lowest BCUT2D eigenvalue weighted by atomic mass is 10.2. The van der Waals surface area contributed by atoms with Gasteiger partial charge in [-0.2, -0.15) is 8.42 Å². The van der Waals surface area contributed by atoms with Crippen molar-refractivity contribution in [3.63, 3.8) is 0 Å². The predicted octanol–water partition coefficient (Wildman–Crippen LogP) is -0.182. The maximum absolute atomic E-state index is 11.4. The highest BCUT2D eigenvalue weighted by atomic mass is 32.2. The van der Waals surface area contributed by atoms with E-state index in [2.05, 4.69) is 14.8 Å². The zero-order valence-electron chi connectivity index (χ0n) is 9.41. The molecule has 0 aromatic rings. The molecule has 1 aliphatic heterocycles. The van der Waals surface area contributed by atoms with E-state index in [1.807, 2.05) is 13.8 Å². The van der Waals surface area contributed by atoms with Crippen LogP contribution in [0.4, 0.5) is 0 Å². The first kappa shape index (κ1) is 12.9. The van der Waals surface area contributed by atoms with Gasteiger partial charge in [-0.25, -0.2) is 9.44 Å². The van der Waals surface area contributed by atoms with Crippen molar-refractivity contribution < 1.29 is 8.42 Å². The molecule has 0 amide bonds. The molecule has 1 atom stereocenters. The van der Waals surface area contributed by atoms with Crippen molar-refractivity contribution in [1.82, 2.24) is 14.8 Å². The molecule has 1 unspecified atom stereocenters. The van der Waals surface area contributed by atoms with Gasteiger partial charge in [0.2, 0.25) is 0 Å². The summed E-state index contributed by atoms with van der Waals surface area (Å²) in [5, 5.41) is 3.24. The third-order valence-electron chi connectivity index (χ3n) is 2.36. The van der Waals surface area contributed by atoms with E-state index in [0.29, 0.717) is 25.0 Å². The zero-order chi connectivity index (χ0) is 11.3. The van der Waals surface area contributed by atoms with Crippen molar-refractivity contribution in [3.05, 3.63) is 0 Å². The maximum Gasteiger partial charge on any atom is 0.276 e. The van der Waals surface area contributed by atoms with Gasteiger partial charge in [0, 0.05) is 19.1 Å². The normalized spacial score (nSPS) is 22.5. The van der Waals surface area contributed by atoms with Crippen molar-refractivity contribution >= 4 is 10.2 Å². The molecule has 0 spiro atoms. The molecule has 1 fully saturated rings. The Balaban J connectivity index is 2.23. The minimum atomic E-state index is -3.30. The number of hydrogen-bond acceptors (Lipinski definition) is 3. The zero-order valence-corrected chi connectivity index (χ0v) is 10.2. The van der Waals surface area contributed by atoms with Crippen LogP contribution in [-0.2, 0) is 10.2 Å². The highest BCUT2D eigenvalue weighted by molar-refractivity contribution is 7.87. The summed E-state index contributed by atoms with van der Waals surface area (Å²) in [5.41, 5.74) is 0. The first-order valence-corrected chi connectivity index (χ1v) is 6.95. The van der Waals surface area contributed by atoms with Gasteiger partial charge in [0.05, 0.1) is 0 Å². The standard InChI is InChI=1S/C9H21N3O2S/c1-8(2)6-11-15(13,14)12-7-9-4-3-5-10-9/h8-12H,3-7H2,1-2H3. The van der Waals surface area contributed by atoms with Gasteiger partial charge in [-0.05, 0) is 25.3 Å². The smallest absolute Gasteiger partial charge is 0.276 e. The maximum atomic E-state index is 11.4. The summed E-state index contributed by atoms with van der Waals surface area (Å²) in [5.74, 6) is 0.325. The Labute approximate surface area is 92.2 Å². The highest BCUT2D eigenvalue weighted by Crippen LogP contribution is 2.03. The fourth-order valence-electron chi connectivity index (χ4n) is 1.47. The lowest BCUT2D eigenvalue weighted by Crippen LogP contribution is -2.43. The third-order valence-corrected chi connectivity index (χ3v) is 3.46. The van der Waals surface area contributed by atoms with E-state index in [1.54, 1.807) is 0 Å². The van der Waals surface area contributed by atoms with E-state index in [-0.39, 0.29) is 0 Å². The van der Waals surface area contributed by atoms with Crippen LogP contribution in [0, 0.1) is 5.92 Å². The first-order chi connectivity index (χ1) is 6.99. The monoisotopic (exact) mass is 235 g/mol. The number of nitrogens with one attached hydrogen (secondary N) is 3. The molecule has 1 rings (SSSR count). The van der Waals surface area contributed by atoms with E-state index in [0.717, 1.165) is 19.4 Å². The van der Waals surface area contributed by atoms with Gasteiger partial charge < -0.3 is 5.32 Å². The van der Waals surface area contributed by atoms with Crippen LogP contribution in [0.25, 0.3) is 0 Å². The Kier molecular flexibility index (Phi) is 4.98. The van der Waals surface area contributed by atoms with Crippen LogP contribution in [0.3, 0.4) is 0 Å². The van der Waals surface area contributed by atoms with Crippen LogP contribution in [0.5, 0.6) is 0 Å². The number of hydrogen-bond donors (Lipinski definition) is 3. The Morgan fingerprint density at radius 3 is 2.67 bits per heavy atom. The fourth-order valence-corrected chi connectivity index (χ4v) is 2.54. The van der Waals surface area contributed by atoms with Crippen LogP contribution >= 0.6 is 0 Å². The van der Waals surface area contributed by atoms with Crippen molar-refractivity contribution in [2.24, 2.45) is 5.92 Å². The minimum Gasteiger partial charge on any atom is -0.313 e. The van der Waals surface area contributed by atoms with Crippen molar-refractivity contribution in [3.8, 4) is 0 Å². The van der Waals surface area contributed by atoms with E-state index in [4.69, 9.17) is 0 Å². The van der Waals surface area contributed by atoms with Crippen LogP contribution in [-0.4, -0.2) is 34.1 Å². The molecule has 0 bridgehead atoms. The van der Waals surface area contributed by atoms with Gasteiger partial charge >= 0.3 is 0 Å². The molecule has 6 heteroatoms. The summed E-state index contributed by atoms with van der Waals surface area (Å²) < 4.78 is 28.0. The molecule has 5 nitrogen and oxygen atoms in total. The second-order valence-electron chi connectivity index (χ2n) is 4.39. The highest BCUT2D eigenvalue weighted by Gasteiger charge is 2.17. The van der Waals surface area contributed by atoms with E-state index in [9.17, 15) is 8.42 Å². The SMILES string of the molecule is CC(C)CNS(=O)(=O)NCC1CCCN1. The first-order valence-electron chi connectivity index (χ1n) is 5.47. The van der Waals surface area contributed by atoms with Crippen molar-refractivity contribution in [2.75, 3.05) is 19.6 Å². The minimum absolute atomic E-state index is 0.292. The molecule has 0 radical (unpaired) electrons. The second kappa shape index (κ2) is 5.79. The Bertz CT molecular complexity index is 271. The second-order valence-corrected chi connectivity index (χ2v) is 5.97. The summed E-state index contributed by atoms with van der Waals surface area (Å²) in [6, 6.07) is 0.292. The molecular formula is C9H21N3O2S. The molecule has 0 saturated carbocycles. The fraction of sp³-hybridized carbons (Fsp3) is 1.00. The van der Waals surface area contributed by atoms with Crippen LogP contribution in [0.2, 0.25) is 0 Å². The Morgan fingerprint density at radius 1 is 1.40 bits per heavy atom. The van der Waals surface area contributed by atoms with Crippen LogP contribution in [0.1, 0.15) is 26.7 Å².